The van der Waals surface area contributed by atoms with Gasteiger partial charge in [-0.1, -0.05) is 32.0 Å². The number of ether oxygens (including phenoxy) is 1. The van der Waals surface area contributed by atoms with E-state index in [1.165, 1.54) is 6.92 Å². The summed E-state index contributed by atoms with van der Waals surface area (Å²) in [5.41, 5.74) is -1.27. The van der Waals surface area contributed by atoms with Crippen molar-refractivity contribution in [2.75, 3.05) is 0 Å². The molecule has 0 aliphatic carbocycles. The monoisotopic (exact) mass is 348 g/mol. The second-order valence-corrected chi connectivity index (χ2v) is 5.44. The molecule has 1 heterocycles. The van der Waals surface area contributed by atoms with E-state index < -0.39 is 36.1 Å². The normalized spacial score (nSPS) is 14.0. The van der Waals surface area contributed by atoms with Gasteiger partial charge in [-0.2, -0.15) is 27.1 Å². The van der Waals surface area contributed by atoms with Crippen molar-refractivity contribution in [2.24, 2.45) is 5.92 Å². The molecule has 1 aromatic carbocycles. The largest absolute Gasteiger partial charge is 0.435 e. The van der Waals surface area contributed by atoms with Gasteiger partial charge in [0.05, 0.1) is 12.3 Å². The number of benzene rings is 1. The predicted octanol–water partition coefficient (Wildman–Crippen LogP) is 5.05. The van der Waals surface area contributed by atoms with Crippen LogP contribution in [0.15, 0.2) is 36.5 Å². The number of alkyl halides is 5. The molecular weight excluding hydrogens is 331 g/mol. The summed E-state index contributed by atoms with van der Waals surface area (Å²) in [7, 11) is 0. The SMILES string of the molecule is CCC(C)C(F)(F)OCc1cn(-c2ccccc2)nc1C(F)(F)F. The van der Waals surface area contributed by atoms with Gasteiger partial charge in [0.2, 0.25) is 0 Å². The Morgan fingerprint density at radius 2 is 1.75 bits per heavy atom. The minimum absolute atomic E-state index is 0.141. The van der Waals surface area contributed by atoms with Crippen molar-refractivity contribution < 1.29 is 26.7 Å². The summed E-state index contributed by atoms with van der Waals surface area (Å²) in [5, 5.41) is 3.48. The average Bonchev–Trinajstić information content (AvgIpc) is 2.97. The van der Waals surface area contributed by atoms with Gasteiger partial charge in [0.15, 0.2) is 5.69 Å². The Hall–Kier alpha value is -1.96. The van der Waals surface area contributed by atoms with Crippen molar-refractivity contribution in [2.45, 2.75) is 39.2 Å². The first-order valence-electron chi connectivity index (χ1n) is 7.38. The minimum Gasteiger partial charge on any atom is -0.315 e. The third-order valence-electron chi connectivity index (χ3n) is 3.69. The number of para-hydroxylation sites is 1. The number of hydrogen-bond donors (Lipinski definition) is 0. The van der Waals surface area contributed by atoms with Gasteiger partial charge >= 0.3 is 12.3 Å². The van der Waals surface area contributed by atoms with E-state index in [-0.39, 0.29) is 6.42 Å². The van der Waals surface area contributed by atoms with Crippen molar-refractivity contribution in [3.63, 3.8) is 0 Å². The fraction of sp³-hybridized carbons (Fsp3) is 0.438. The van der Waals surface area contributed by atoms with E-state index in [2.05, 4.69) is 9.84 Å². The molecule has 0 radical (unpaired) electrons. The summed E-state index contributed by atoms with van der Waals surface area (Å²) >= 11 is 0. The third-order valence-corrected chi connectivity index (χ3v) is 3.69. The molecule has 2 rings (SSSR count). The Balaban J connectivity index is 2.30. The van der Waals surface area contributed by atoms with Gasteiger partial charge in [-0.25, -0.2) is 4.68 Å². The fourth-order valence-corrected chi connectivity index (χ4v) is 2.02. The molecule has 0 saturated heterocycles. The van der Waals surface area contributed by atoms with Crippen LogP contribution in [0, 0.1) is 5.92 Å². The van der Waals surface area contributed by atoms with Crippen LogP contribution in [-0.4, -0.2) is 15.9 Å². The number of aromatic nitrogens is 2. The lowest BCUT2D eigenvalue weighted by molar-refractivity contribution is -0.275. The van der Waals surface area contributed by atoms with E-state index in [0.29, 0.717) is 5.69 Å². The maximum atomic E-state index is 13.7. The van der Waals surface area contributed by atoms with Crippen molar-refractivity contribution in [1.82, 2.24) is 9.78 Å². The van der Waals surface area contributed by atoms with Crippen LogP contribution in [0.1, 0.15) is 31.5 Å². The fourth-order valence-electron chi connectivity index (χ4n) is 2.02. The highest BCUT2D eigenvalue weighted by atomic mass is 19.4. The molecular formula is C16H17F5N2O. The lowest BCUT2D eigenvalue weighted by Crippen LogP contribution is -2.29. The Morgan fingerprint density at radius 1 is 1.12 bits per heavy atom. The maximum absolute atomic E-state index is 13.7. The number of hydrogen-bond acceptors (Lipinski definition) is 2. The van der Waals surface area contributed by atoms with E-state index >= 15 is 0 Å². The van der Waals surface area contributed by atoms with Gasteiger partial charge in [0.1, 0.15) is 0 Å². The third kappa shape index (κ3) is 4.11. The van der Waals surface area contributed by atoms with Crippen LogP contribution in [0.4, 0.5) is 22.0 Å². The van der Waals surface area contributed by atoms with Crippen molar-refractivity contribution >= 4 is 0 Å². The van der Waals surface area contributed by atoms with E-state index in [9.17, 15) is 22.0 Å². The first kappa shape index (κ1) is 18.4. The number of halogens is 5. The zero-order chi connectivity index (χ0) is 18.0. The summed E-state index contributed by atoms with van der Waals surface area (Å²) < 4.78 is 72.2. The lowest BCUT2D eigenvalue weighted by Gasteiger charge is -2.22. The molecule has 0 fully saturated rings. The first-order valence-corrected chi connectivity index (χ1v) is 7.38. The number of rotatable bonds is 6. The minimum atomic E-state index is -4.76. The zero-order valence-corrected chi connectivity index (χ0v) is 13.1. The Bertz CT molecular complexity index is 667. The maximum Gasteiger partial charge on any atom is 0.435 e. The standard InChI is InChI=1S/C16H17F5N2O/c1-3-11(2)16(20,21)24-10-12-9-23(13-7-5-4-6-8-13)22-14(12)15(17,18)19/h4-9,11H,3,10H2,1-2H3. The van der Waals surface area contributed by atoms with Gasteiger partial charge in [-0.05, 0) is 18.6 Å². The van der Waals surface area contributed by atoms with Crippen LogP contribution in [0.5, 0.6) is 0 Å². The van der Waals surface area contributed by atoms with Gasteiger partial charge in [0.25, 0.3) is 0 Å². The molecule has 0 bridgehead atoms. The average molecular weight is 348 g/mol. The molecule has 0 aliphatic heterocycles. The molecule has 1 unspecified atom stereocenters. The molecule has 3 nitrogen and oxygen atoms in total. The van der Waals surface area contributed by atoms with Crippen LogP contribution in [0.3, 0.4) is 0 Å². The lowest BCUT2D eigenvalue weighted by atomic mass is 10.1. The zero-order valence-electron chi connectivity index (χ0n) is 13.1. The highest BCUT2D eigenvalue weighted by molar-refractivity contribution is 5.33. The smallest absolute Gasteiger partial charge is 0.315 e. The Labute approximate surface area is 136 Å². The van der Waals surface area contributed by atoms with Crippen LogP contribution in [0.2, 0.25) is 0 Å². The highest BCUT2D eigenvalue weighted by Crippen LogP contribution is 2.34. The van der Waals surface area contributed by atoms with Crippen molar-refractivity contribution in [1.29, 1.82) is 0 Å². The van der Waals surface area contributed by atoms with Gasteiger partial charge in [0, 0.05) is 17.7 Å². The molecule has 1 aromatic heterocycles. The van der Waals surface area contributed by atoms with Crippen LogP contribution in [0.25, 0.3) is 5.69 Å². The van der Waals surface area contributed by atoms with E-state index in [1.807, 2.05) is 0 Å². The molecule has 0 saturated carbocycles. The van der Waals surface area contributed by atoms with E-state index in [0.717, 1.165) is 10.9 Å². The predicted molar refractivity (Wildman–Crippen MR) is 77.8 cm³/mol. The molecule has 0 amide bonds. The number of nitrogens with zero attached hydrogens (tertiary/aromatic N) is 2. The van der Waals surface area contributed by atoms with Gasteiger partial charge < -0.3 is 4.74 Å². The summed E-state index contributed by atoms with van der Waals surface area (Å²) in [6.07, 6.45) is -7.07. The molecule has 132 valence electrons. The van der Waals surface area contributed by atoms with Crippen molar-refractivity contribution in [3.05, 3.63) is 47.8 Å². The van der Waals surface area contributed by atoms with E-state index in [1.54, 1.807) is 37.3 Å². The summed E-state index contributed by atoms with van der Waals surface area (Å²) in [5.74, 6) is -1.10. The summed E-state index contributed by atoms with van der Waals surface area (Å²) in [4.78, 5) is 0. The van der Waals surface area contributed by atoms with Crippen molar-refractivity contribution in [3.8, 4) is 5.69 Å². The molecule has 0 N–H and O–H groups in total. The molecule has 0 spiro atoms. The summed E-state index contributed by atoms with van der Waals surface area (Å²) in [6.45, 7) is 1.95. The Morgan fingerprint density at radius 3 is 2.29 bits per heavy atom. The first-order chi connectivity index (χ1) is 11.1. The van der Waals surface area contributed by atoms with Gasteiger partial charge in [-0.15, -0.1) is 0 Å². The highest BCUT2D eigenvalue weighted by Gasteiger charge is 2.40. The molecule has 1 atom stereocenters. The topological polar surface area (TPSA) is 27.1 Å². The van der Waals surface area contributed by atoms with E-state index in [4.69, 9.17) is 0 Å². The quantitative estimate of drug-likeness (QED) is 0.684. The molecule has 0 aliphatic rings. The Kier molecular flexibility index (Phi) is 5.27. The van der Waals surface area contributed by atoms with Crippen LogP contribution in [-0.2, 0) is 17.5 Å². The van der Waals surface area contributed by atoms with Crippen LogP contribution >= 0.6 is 0 Å². The summed E-state index contributed by atoms with van der Waals surface area (Å²) in [6, 6.07) is 8.10. The van der Waals surface area contributed by atoms with Gasteiger partial charge in [-0.3, -0.25) is 0 Å². The molecule has 2 aromatic rings. The molecule has 24 heavy (non-hydrogen) atoms. The second-order valence-electron chi connectivity index (χ2n) is 5.44. The van der Waals surface area contributed by atoms with Crippen LogP contribution < -0.4 is 0 Å². The molecule has 8 heteroatoms. The second kappa shape index (κ2) is 6.88.